The summed E-state index contributed by atoms with van der Waals surface area (Å²) in [4.78, 5) is 8.68. The van der Waals surface area contributed by atoms with E-state index in [2.05, 4.69) is 42.5 Å². The Morgan fingerprint density at radius 1 is 0.639 bits per heavy atom. The molecule has 2 N–H and O–H groups in total. The van der Waals surface area contributed by atoms with Gasteiger partial charge in [-0.05, 0) is 98.4 Å². The van der Waals surface area contributed by atoms with Crippen molar-refractivity contribution in [1.82, 2.24) is 14.7 Å². The predicted octanol–water partition coefficient (Wildman–Crippen LogP) is 8.06. The van der Waals surface area contributed by atoms with E-state index < -0.39 is 8.07 Å². The first kappa shape index (κ1) is 30.7. The van der Waals surface area contributed by atoms with E-state index in [4.69, 9.17) is 5.50 Å². The van der Waals surface area contributed by atoms with Gasteiger partial charge in [0.25, 0.3) is 0 Å². The van der Waals surface area contributed by atoms with Crippen LogP contribution in [0.5, 0.6) is 0 Å². The Hall–Kier alpha value is 0.140. The fourth-order valence-corrected chi connectivity index (χ4v) is 9.45. The molecule has 3 saturated carbocycles. The zero-order valence-electron chi connectivity index (χ0n) is 24.1. The van der Waals surface area contributed by atoms with Gasteiger partial charge in [0.05, 0.1) is 5.70 Å². The van der Waals surface area contributed by atoms with Crippen molar-refractivity contribution in [2.45, 2.75) is 152 Å². The summed E-state index contributed by atoms with van der Waals surface area (Å²) in [5.74, 6) is 0. The average molecular weight is 541 g/mol. The molecule has 0 aromatic heterocycles. The number of halogens is 1. The Kier molecular flexibility index (Phi) is 12.4. The van der Waals surface area contributed by atoms with Crippen LogP contribution >= 0.6 is 20.5 Å². The summed E-state index contributed by atoms with van der Waals surface area (Å²) in [6.45, 7) is 2.34. The molecule has 3 fully saturated rings. The molecule has 6 heteroatoms. The van der Waals surface area contributed by atoms with Gasteiger partial charge in [0.2, 0.25) is 0 Å². The van der Waals surface area contributed by atoms with Gasteiger partial charge in [0.15, 0.2) is 0 Å². The Balaban J connectivity index is 0.00000361. The molecule has 4 nitrogen and oxygen atoms in total. The van der Waals surface area contributed by atoms with Crippen molar-refractivity contribution in [1.29, 1.82) is 0 Å². The van der Waals surface area contributed by atoms with E-state index in [1.54, 1.807) is 11.0 Å². The van der Waals surface area contributed by atoms with E-state index in [-0.39, 0.29) is 18.1 Å². The van der Waals surface area contributed by atoms with Crippen molar-refractivity contribution in [2.75, 3.05) is 27.8 Å². The van der Waals surface area contributed by atoms with Crippen LogP contribution in [0.3, 0.4) is 0 Å². The number of hydrogen-bond donors (Lipinski definition) is 1. The normalized spacial score (nSPS) is 28.4. The smallest absolute Gasteiger partial charge is 0.115 e. The van der Waals surface area contributed by atoms with Crippen molar-refractivity contribution < 1.29 is 0 Å². The Bertz CT molecular complexity index is 656. The quantitative estimate of drug-likeness (QED) is 0.261. The average Bonchev–Trinajstić information content (AvgIpc) is 2.89. The molecule has 0 amide bonds. The molecule has 36 heavy (non-hydrogen) atoms. The lowest BCUT2D eigenvalue weighted by atomic mass is 9.82. The molecule has 0 aromatic rings. The second-order valence-corrected chi connectivity index (χ2v) is 14.3. The standard InChI is InChI=1S/C30H57N4P.ClH/c1-32(25-17-9-5-10-18-25)29-28(35(4)31)23-15-8-16-24-30(29,33(2)26-19-11-6-12-20-26)34(3)27-21-13-7-14-22-27;/h25-27H,5-24,31H2,1-4H3;1H/b29-28-;. The number of nitrogens with two attached hydrogens (primary N) is 1. The monoisotopic (exact) mass is 540 g/mol. The zero-order chi connectivity index (χ0) is 24.8. The van der Waals surface area contributed by atoms with Gasteiger partial charge in [-0.3, -0.25) is 9.80 Å². The first-order valence-corrected chi connectivity index (χ1v) is 17.2. The molecule has 0 aromatic carbocycles. The van der Waals surface area contributed by atoms with Crippen molar-refractivity contribution in [2.24, 2.45) is 5.50 Å². The summed E-state index contributed by atoms with van der Waals surface area (Å²) in [6.07, 6.45) is 27.4. The first-order valence-electron chi connectivity index (χ1n) is 15.4. The zero-order valence-corrected chi connectivity index (χ0v) is 25.9. The minimum absolute atomic E-state index is 0. The van der Waals surface area contributed by atoms with Crippen molar-refractivity contribution in [3.05, 3.63) is 11.0 Å². The molecule has 0 aliphatic heterocycles. The molecule has 0 radical (unpaired) electrons. The lowest BCUT2D eigenvalue weighted by Crippen LogP contribution is -2.67. The van der Waals surface area contributed by atoms with Crippen LogP contribution in [0.15, 0.2) is 11.0 Å². The van der Waals surface area contributed by atoms with E-state index in [1.165, 1.54) is 128 Å². The number of rotatable bonds is 7. The van der Waals surface area contributed by atoms with E-state index in [0.717, 1.165) is 0 Å². The molecule has 1 atom stereocenters. The molecule has 1 unspecified atom stereocenters. The minimum Gasteiger partial charge on any atom is -0.372 e. The van der Waals surface area contributed by atoms with Gasteiger partial charge < -0.3 is 10.4 Å². The van der Waals surface area contributed by atoms with E-state index in [9.17, 15) is 0 Å². The number of likely N-dealkylation sites (N-methyl/N-ethyl adjacent to an activating group) is 3. The summed E-state index contributed by atoms with van der Waals surface area (Å²) < 4.78 is 0. The molecular formula is C30H58ClN4P. The highest BCUT2D eigenvalue weighted by molar-refractivity contribution is 7.58. The van der Waals surface area contributed by atoms with Gasteiger partial charge in [-0.1, -0.05) is 64.2 Å². The van der Waals surface area contributed by atoms with Crippen LogP contribution in [0.25, 0.3) is 0 Å². The summed E-state index contributed by atoms with van der Waals surface area (Å²) >= 11 is 0. The van der Waals surface area contributed by atoms with E-state index >= 15 is 0 Å². The molecule has 4 aliphatic carbocycles. The largest absolute Gasteiger partial charge is 0.372 e. The second kappa shape index (κ2) is 14.5. The van der Waals surface area contributed by atoms with Crippen LogP contribution in [0.2, 0.25) is 0 Å². The maximum absolute atomic E-state index is 6.97. The molecule has 0 bridgehead atoms. The van der Waals surface area contributed by atoms with Crippen LogP contribution in [-0.4, -0.2) is 66.3 Å². The summed E-state index contributed by atoms with van der Waals surface area (Å²) in [5.41, 5.74) is 8.62. The minimum atomic E-state index is -0.599. The molecular weight excluding hydrogens is 483 g/mol. The fourth-order valence-electron chi connectivity index (χ4n) is 8.27. The molecule has 0 heterocycles. The van der Waals surface area contributed by atoms with Gasteiger partial charge in [0, 0.05) is 25.2 Å². The van der Waals surface area contributed by atoms with Gasteiger partial charge in [-0.2, -0.15) is 0 Å². The van der Waals surface area contributed by atoms with Crippen LogP contribution in [0.4, 0.5) is 0 Å². The van der Waals surface area contributed by atoms with Crippen LogP contribution in [0, 0.1) is 0 Å². The number of allylic oxidation sites excluding steroid dienone is 1. The highest BCUT2D eigenvalue weighted by Crippen LogP contribution is 2.51. The lowest BCUT2D eigenvalue weighted by Gasteiger charge is -2.59. The highest BCUT2D eigenvalue weighted by Gasteiger charge is 2.50. The van der Waals surface area contributed by atoms with Gasteiger partial charge >= 0.3 is 0 Å². The fraction of sp³-hybridized carbons (Fsp3) is 0.933. The third-order valence-electron chi connectivity index (χ3n) is 10.4. The maximum atomic E-state index is 6.97. The Labute approximate surface area is 231 Å². The topological polar surface area (TPSA) is 35.7 Å². The SMILES string of the molecule is CN(/C1=C(\P(C)N)CCCCCC1(N(C)C1CCCCC1)N(C)C1CCCCC1)C1CCCCC1.Cl. The summed E-state index contributed by atoms with van der Waals surface area (Å²) in [6, 6.07) is 2.08. The predicted molar refractivity (Wildman–Crippen MR) is 161 cm³/mol. The first-order chi connectivity index (χ1) is 17.0. The Morgan fingerprint density at radius 3 is 1.50 bits per heavy atom. The van der Waals surface area contributed by atoms with E-state index in [1.807, 2.05) is 0 Å². The second-order valence-electron chi connectivity index (χ2n) is 12.5. The number of nitrogens with zero attached hydrogens (tertiary/aromatic N) is 3. The molecule has 0 saturated heterocycles. The molecule has 4 rings (SSSR count). The molecule has 4 aliphatic rings. The highest BCUT2D eigenvalue weighted by atomic mass is 35.5. The third-order valence-corrected chi connectivity index (χ3v) is 11.7. The van der Waals surface area contributed by atoms with Crippen LogP contribution in [-0.2, 0) is 0 Å². The van der Waals surface area contributed by atoms with Crippen molar-refractivity contribution in [3.63, 3.8) is 0 Å². The molecule has 0 spiro atoms. The third kappa shape index (κ3) is 6.64. The van der Waals surface area contributed by atoms with Crippen LogP contribution in [0.1, 0.15) is 128 Å². The van der Waals surface area contributed by atoms with Gasteiger partial charge in [0.1, 0.15) is 5.66 Å². The van der Waals surface area contributed by atoms with Gasteiger partial charge in [-0.25, -0.2) is 0 Å². The van der Waals surface area contributed by atoms with E-state index in [0.29, 0.717) is 18.1 Å². The van der Waals surface area contributed by atoms with Gasteiger partial charge in [-0.15, -0.1) is 12.4 Å². The van der Waals surface area contributed by atoms with Crippen LogP contribution < -0.4 is 5.50 Å². The van der Waals surface area contributed by atoms with Crippen molar-refractivity contribution >= 4 is 20.5 Å². The van der Waals surface area contributed by atoms with Crippen molar-refractivity contribution in [3.8, 4) is 0 Å². The summed E-state index contributed by atoms with van der Waals surface area (Å²) in [7, 11) is 6.93. The lowest BCUT2D eigenvalue weighted by molar-refractivity contribution is -0.0869. The maximum Gasteiger partial charge on any atom is 0.115 e. The summed E-state index contributed by atoms with van der Waals surface area (Å²) in [5, 5.41) is 1.64. The molecule has 210 valence electrons. The Morgan fingerprint density at radius 2 is 1.06 bits per heavy atom. The number of hydrogen-bond acceptors (Lipinski definition) is 4.